The number of para-hydroxylation sites is 1. The lowest BCUT2D eigenvalue weighted by molar-refractivity contribution is 0.431. The van der Waals surface area contributed by atoms with Gasteiger partial charge in [0.2, 0.25) is 0 Å². The summed E-state index contributed by atoms with van der Waals surface area (Å²) in [5, 5.41) is 3.30. The van der Waals surface area contributed by atoms with Gasteiger partial charge in [-0.25, -0.2) is 8.78 Å². The third-order valence-corrected chi connectivity index (χ3v) is 2.82. The summed E-state index contributed by atoms with van der Waals surface area (Å²) in [6.45, 7) is 0.507. The van der Waals surface area contributed by atoms with Crippen LogP contribution in [0.2, 0.25) is 5.02 Å². The normalized spacial score (nSPS) is 10.5. The van der Waals surface area contributed by atoms with Gasteiger partial charge in [-0.05, 0) is 25.2 Å². The second-order valence-corrected chi connectivity index (χ2v) is 4.34. The molecular formula is C14H12ClF2NO. The van der Waals surface area contributed by atoms with Gasteiger partial charge in [0, 0.05) is 18.2 Å². The van der Waals surface area contributed by atoms with Crippen LogP contribution in [0.4, 0.5) is 8.78 Å². The lowest BCUT2D eigenvalue weighted by Crippen LogP contribution is -2.06. The van der Waals surface area contributed by atoms with Gasteiger partial charge in [0.05, 0.1) is 5.02 Å². The largest absolute Gasteiger partial charge is 0.452 e. The number of nitrogens with one attached hydrogen (secondary N) is 1. The van der Waals surface area contributed by atoms with Crippen molar-refractivity contribution in [3.8, 4) is 11.5 Å². The molecule has 19 heavy (non-hydrogen) atoms. The maximum absolute atomic E-state index is 13.6. The molecule has 1 N–H and O–H groups in total. The minimum absolute atomic E-state index is 0.189. The average Bonchev–Trinajstić information content (AvgIpc) is 2.38. The summed E-state index contributed by atoms with van der Waals surface area (Å²) in [6.07, 6.45) is 0. The molecule has 0 atom stereocenters. The van der Waals surface area contributed by atoms with Crippen molar-refractivity contribution in [3.05, 3.63) is 58.6 Å². The van der Waals surface area contributed by atoms with E-state index in [4.69, 9.17) is 16.3 Å². The molecule has 0 bridgehead atoms. The molecule has 0 unspecified atom stereocenters. The first-order chi connectivity index (χ1) is 9.11. The number of benzene rings is 2. The lowest BCUT2D eigenvalue weighted by Gasteiger charge is -2.13. The van der Waals surface area contributed by atoms with E-state index in [1.807, 2.05) is 0 Å². The Morgan fingerprint density at radius 1 is 1.21 bits per heavy atom. The van der Waals surface area contributed by atoms with Gasteiger partial charge in [0.15, 0.2) is 17.3 Å². The van der Waals surface area contributed by atoms with Crippen LogP contribution in [-0.2, 0) is 6.54 Å². The maximum atomic E-state index is 13.6. The predicted molar refractivity (Wildman–Crippen MR) is 70.6 cm³/mol. The second kappa shape index (κ2) is 5.99. The Morgan fingerprint density at radius 2 is 2.00 bits per heavy atom. The number of rotatable bonds is 4. The van der Waals surface area contributed by atoms with Gasteiger partial charge >= 0.3 is 0 Å². The van der Waals surface area contributed by atoms with Crippen LogP contribution in [-0.4, -0.2) is 7.05 Å². The molecule has 0 radical (unpaired) electrons. The van der Waals surface area contributed by atoms with Crippen molar-refractivity contribution in [2.75, 3.05) is 7.05 Å². The summed E-state index contributed by atoms with van der Waals surface area (Å²) >= 11 is 6.04. The Morgan fingerprint density at radius 3 is 2.74 bits per heavy atom. The van der Waals surface area contributed by atoms with Crippen LogP contribution >= 0.6 is 11.6 Å². The third kappa shape index (κ3) is 3.22. The van der Waals surface area contributed by atoms with Crippen LogP contribution in [0, 0.1) is 11.6 Å². The smallest absolute Gasteiger partial charge is 0.166 e. The highest BCUT2D eigenvalue weighted by Crippen LogP contribution is 2.34. The highest BCUT2D eigenvalue weighted by Gasteiger charge is 2.12. The van der Waals surface area contributed by atoms with Crippen molar-refractivity contribution in [2.45, 2.75) is 6.54 Å². The summed E-state index contributed by atoms with van der Waals surface area (Å²) < 4.78 is 32.1. The number of ether oxygens (including phenoxy) is 1. The fraction of sp³-hybridized carbons (Fsp3) is 0.143. The Kier molecular flexibility index (Phi) is 4.35. The predicted octanol–water partition coefficient (Wildman–Crippen LogP) is 4.13. The van der Waals surface area contributed by atoms with E-state index < -0.39 is 11.6 Å². The molecule has 2 aromatic rings. The molecule has 0 aromatic heterocycles. The Balaban J connectivity index is 2.39. The number of hydrogen-bond donors (Lipinski definition) is 1. The van der Waals surface area contributed by atoms with Gasteiger partial charge in [-0.15, -0.1) is 0 Å². The minimum atomic E-state index is -0.642. The summed E-state index contributed by atoms with van der Waals surface area (Å²) in [5.74, 6) is -1.08. The van der Waals surface area contributed by atoms with E-state index in [2.05, 4.69) is 5.32 Å². The van der Waals surface area contributed by atoms with Gasteiger partial charge < -0.3 is 10.1 Å². The maximum Gasteiger partial charge on any atom is 0.166 e. The van der Waals surface area contributed by atoms with Gasteiger partial charge in [-0.3, -0.25) is 0 Å². The molecule has 0 saturated heterocycles. The van der Waals surface area contributed by atoms with Crippen LogP contribution in [0.1, 0.15) is 5.56 Å². The minimum Gasteiger partial charge on any atom is -0.452 e. The SMILES string of the molecule is CNCc1cccc(Cl)c1Oc1cc(F)ccc1F. The van der Waals surface area contributed by atoms with E-state index in [1.54, 1.807) is 25.2 Å². The Bertz CT molecular complexity index is 590. The van der Waals surface area contributed by atoms with Crippen molar-refractivity contribution in [2.24, 2.45) is 0 Å². The Hall–Kier alpha value is -1.65. The third-order valence-electron chi connectivity index (χ3n) is 2.52. The summed E-state index contributed by atoms with van der Waals surface area (Å²) in [5.41, 5.74) is 0.763. The fourth-order valence-electron chi connectivity index (χ4n) is 1.66. The van der Waals surface area contributed by atoms with Crippen molar-refractivity contribution < 1.29 is 13.5 Å². The topological polar surface area (TPSA) is 21.3 Å². The van der Waals surface area contributed by atoms with Crippen LogP contribution < -0.4 is 10.1 Å². The molecule has 2 rings (SSSR count). The summed E-state index contributed by atoms with van der Waals surface area (Å²) in [6, 6.07) is 8.23. The molecule has 0 aliphatic heterocycles. The zero-order valence-corrected chi connectivity index (χ0v) is 11.0. The fourth-order valence-corrected chi connectivity index (χ4v) is 1.90. The molecular weight excluding hydrogens is 272 g/mol. The lowest BCUT2D eigenvalue weighted by atomic mass is 10.2. The first kappa shape index (κ1) is 13.8. The number of hydrogen-bond acceptors (Lipinski definition) is 2. The molecule has 2 nitrogen and oxygen atoms in total. The monoisotopic (exact) mass is 283 g/mol. The molecule has 0 spiro atoms. The highest BCUT2D eigenvalue weighted by atomic mass is 35.5. The molecule has 0 fully saturated rings. The first-order valence-electron chi connectivity index (χ1n) is 5.66. The van der Waals surface area contributed by atoms with E-state index in [0.717, 1.165) is 23.8 Å². The zero-order chi connectivity index (χ0) is 13.8. The molecule has 2 aromatic carbocycles. The Labute approximate surface area is 115 Å². The molecule has 0 heterocycles. The summed E-state index contributed by atoms with van der Waals surface area (Å²) in [7, 11) is 1.77. The van der Waals surface area contributed by atoms with E-state index in [-0.39, 0.29) is 5.75 Å². The van der Waals surface area contributed by atoms with Crippen LogP contribution in [0.25, 0.3) is 0 Å². The molecule has 0 saturated carbocycles. The van der Waals surface area contributed by atoms with Crippen LogP contribution in [0.5, 0.6) is 11.5 Å². The number of halogens is 3. The van der Waals surface area contributed by atoms with E-state index in [0.29, 0.717) is 17.3 Å². The van der Waals surface area contributed by atoms with Gasteiger partial charge in [-0.2, -0.15) is 0 Å². The molecule has 5 heteroatoms. The highest BCUT2D eigenvalue weighted by molar-refractivity contribution is 6.32. The molecule has 100 valence electrons. The van der Waals surface area contributed by atoms with Crippen molar-refractivity contribution >= 4 is 11.6 Å². The van der Waals surface area contributed by atoms with Crippen LogP contribution in [0.15, 0.2) is 36.4 Å². The van der Waals surface area contributed by atoms with Crippen molar-refractivity contribution in [1.29, 1.82) is 0 Å². The van der Waals surface area contributed by atoms with Crippen molar-refractivity contribution in [3.63, 3.8) is 0 Å². The average molecular weight is 284 g/mol. The quantitative estimate of drug-likeness (QED) is 0.911. The molecule has 0 aliphatic rings. The summed E-state index contributed by atoms with van der Waals surface area (Å²) in [4.78, 5) is 0. The van der Waals surface area contributed by atoms with Crippen molar-refractivity contribution in [1.82, 2.24) is 5.32 Å². The standard InChI is InChI=1S/C14H12ClF2NO/c1-18-8-9-3-2-4-11(15)14(9)19-13-7-10(16)5-6-12(13)17/h2-7,18H,8H2,1H3. The molecule has 0 amide bonds. The van der Waals surface area contributed by atoms with E-state index >= 15 is 0 Å². The van der Waals surface area contributed by atoms with Gasteiger partial charge in [-0.1, -0.05) is 23.7 Å². The van der Waals surface area contributed by atoms with Gasteiger partial charge in [0.25, 0.3) is 0 Å². The first-order valence-corrected chi connectivity index (χ1v) is 6.04. The van der Waals surface area contributed by atoms with Gasteiger partial charge in [0.1, 0.15) is 5.82 Å². The van der Waals surface area contributed by atoms with E-state index in [1.165, 1.54) is 0 Å². The van der Waals surface area contributed by atoms with E-state index in [9.17, 15) is 8.78 Å². The molecule has 0 aliphatic carbocycles. The van der Waals surface area contributed by atoms with Crippen LogP contribution in [0.3, 0.4) is 0 Å². The second-order valence-electron chi connectivity index (χ2n) is 3.94. The zero-order valence-electron chi connectivity index (χ0n) is 10.2.